The second kappa shape index (κ2) is 14.7. The third-order valence-electron chi connectivity index (χ3n) is 7.48. The molecule has 0 spiro atoms. The zero-order valence-electron chi connectivity index (χ0n) is 24.3. The lowest BCUT2D eigenvalue weighted by molar-refractivity contribution is -0.139. The van der Waals surface area contributed by atoms with Gasteiger partial charge >= 0.3 is 0 Å². The molecule has 1 fully saturated rings. The van der Waals surface area contributed by atoms with E-state index < -0.39 is 34.3 Å². The summed E-state index contributed by atoms with van der Waals surface area (Å²) in [5.41, 5.74) is 0.784. The van der Waals surface area contributed by atoms with Gasteiger partial charge in [-0.05, 0) is 92.9 Å². The van der Waals surface area contributed by atoms with Crippen LogP contribution in [0.3, 0.4) is 0 Å². The number of ether oxygens (including phenoxy) is 1. The molecule has 1 atom stereocenters. The van der Waals surface area contributed by atoms with Crippen LogP contribution in [0.25, 0.3) is 0 Å². The molecule has 43 heavy (non-hydrogen) atoms. The van der Waals surface area contributed by atoms with Crippen LogP contribution in [0.2, 0.25) is 5.02 Å². The summed E-state index contributed by atoms with van der Waals surface area (Å²) in [6, 6.07) is 16.8. The molecule has 11 heteroatoms. The minimum absolute atomic E-state index is 0.0268. The van der Waals surface area contributed by atoms with Gasteiger partial charge < -0.3 is 15.0 Å². The van der Waals surface area contributed by atoms with Gasteiger partial charge in [0.05, 0.1) is 17.2 Å². The molecule has 3 aromatic carbocycles. The first-order chi connectivity index (χ1) is 20.6. The number of amides is 2. The number of nitrogens with zero attached hydrogens (tertiary/aromatic N) is 2. The second-order valence-electron chi connectivity index (χ2n) is 10.6. The number of benzene rings is 3. The molecular formula is C32H37ClFN3O5S. The van der Waals surface area contributed by atoms with E-state index in [2.05, 4.69) is 5.32 Å². The molecule has 0 heterocycles. The predicted octanol–water partition coefficient (Wildman–Crippen LogP) is 5.94. The summed E-state index contributed by atoms with van der Waals surface area (Å²) in [5.74, 6) is -0.976. The van der Waals surface area contributed by atoms with Gasteiger partial charge in [0.25, 0.3) is 10.0 Å². The highest BCUT2D eigenvalue weighted by atomic mass is 35.5. The normalized spacial score (nSPS) is 14.5. The summed E-state index contributed by atoms with van der Waals surface area (Å²) in [4.78, 5) is 28.7. The van der Waals surface area contributed by atoms with Crippen LogP contribution in [-0.4, -0.2) is 50.4 Å². The molecule has 4 rings (SSSR count). The number of halogens is 2. The van der Waals surface area contributed by atoms with Crippen LogP contribution >= 0.6 is 11.6 Å². The van der Waals surface area contributed by atoms with Crippen molar-refractivity contribution in [3.63, 3.8) is 0 Å². The third-order valence-corrected chi connectivity index (χ3v) is 9.50. The largest absolute Gasteiger partial charge is 0.494 e. The average Bonchev–Trinajstić information content (AvgIpc) is 2.99. The van der Waals surface area contributed by atoms with E-state index >= 15 is 0 Å². The molecule has 0 unspecified atom stereocenters. The molecule has 0 aliphatic heterocycles. The van der Waals surface area contributed by atoms with Gasteiger partial charge in [-0.2, -0.15) is 0 Å². The maximum Gasteiger partial charge on any atom is 0.264 e. The number of carbonyl (C=O) groups excluding carboxylic acids is 2. The smallest absolute Gasteiger partial charge is 0.264 e. The Morgan fingerprint density at radius 2 is 1.70 bits per heavy atom. The molecule has 0 aromatic heterocycles. The number of nitrogens with one attached hydrogen (secondary N) is 1. The zero-order chi connectivity index (χ0) is 31.0. The Kier molecular flexibility index (Phi) is 11.0. The molecule has 0 saturated heterocycles. The molecule has 0 bridgehead atoms. The van der Waals surface area contributed by atoms with E-state index in [-0.39, 0.29) is 29.1 Å². The average molecular weight is 630 g/mol. The Bertz CT molecular complexity index is 1500. The quantitative estimate of drug-likeness (QED) is 0.268. The molecule has 3 aromatic rings. The summed E-state index contributed by atoms with van der Waals surface area (Å²) in [5, 5.41) is 3.54. The number of rotatable bonds is 12. The van der Waals surface area contributed by atoms with Gasteiger partial charge in [0.1, 0.15) is 24.2 Å². The van der Waals surface area contributed by atoms with E-state index in [0.717, 1.165) is 48.5 Å². The number of carbonyl (C=O) groups is 2. The lowest BCUT2D eigenvalue weighted by atomic mass is 9.95. The Balaban J connectivity index is 1.67. The summed E-state index contributed by atoms with van der Waals surface area (Å²) >= 11 is 6.20. The van der Waals surface area contributed by atoms with Crippen molar-refractivity contribution in [3.8, 4) is 5.75 Å². The lowest BCUT2D eigenvalue weighted by Crippen LogP contribution is -2.53. The van der Waals surface area contributed by atoms with Crippen molar-refractivity contribution in [3.05, 3.63) is 89.2 Å². The van der Waals surface area contributed by atoms with Crippen molar-refractivity contribution in [2.24, 2.45) is 0 Å². The number of hydrogen-bond acceptors (Lipinski definition) is 5. The monoisotopic (exact) mass is 629 g/mol. The van der Waals surface area contributed by atoms with Crippen molar-refractivity contribution in [2.45, 2.75) is 69.5 Å². The summed E-state index contributed by atoms with van der Waals surface area (Å²) in [6.45, 7) is 3.26. The van der Waals surface area contributed by atoms with Crippen LogP contribution < -0.4 is 14.4 Å². The molecule has 2 amide bonds. The van der Waals surface area contributed by atoms with Gasteiger partial charge in [-0.3, -0.25) is 13.9 Å². The Morgan fingerprint density at radius 1 is 1.02 bits per heavy atom. The van der Waals surface area contributed by atoms with Crippen molar-refractivity contribution in [1.82, 2.24) is 10.2 Å². The summed E-state index contributed by atoms with van der Waals surface area (Å²) < 4.78 is 48.1. The molecule has 230 valence electrons. The van der Waals surface area contributed by atoms with Crippen LogP contribution in [0.1, 0.15) is 51.5 Å². The maximum absolute atomic E-state index is 14.1. The molecule has 1 aliphatic rings. The van der Waals surface area contributed by atoms with Crippen LogP contribution in [0.5, 0.6) is 5.75 Å². The molecule has 1 saturated carbocycles. The minimum Gasteiger partial charge on any atom is -0.494 e. The number of anilines is 1. The van der Waals surface area contributed by atoms with Gasteiger partial charge in [-0.15, -0.1) is 0 Å². The van der Waals surface area contributed by atoms with Crippen molar-refractivity contribution in [2.75, 3.05) is 17.5 Å². The van der Waals surface area contributed by atoms with Gasteiger partial charge in [-0.25, -0.2) is 12.8 Å². The standard InChI is InChI=1S/C32H37ClFN3O5S/c1-3-42-29-16-18-30(19-17-29)43(40,41)37(28-14-12-26(34)13-15-28)22-31(38)36(21-24-8-7-9-25(33)20-24)23(2)32(39)35-27-10-5-4-6-11-27/h7-9,12-20,23,27H,3-6,10-11,21-22H2,1-2H3,(H,35,39)/t23-/m1/s1. The molecule has 8 nitrogen and oxygen atoms in total. The van der Waals surface area contributed by atoms with Crippen LogP contribution in [-0.2, 0) is 26.2 Å². The van der Waals surface area contributed by atoms with Crippen LogP contribution in [0, 0.1) is 5.82 Å². The zero-order valence-corrected chi connectivity index (χ0v) is 25.9. The fourth-order valence-electron chi connectivity index (χ4n) is 5.12. The molecule has 1 N–H and O–H groups in total. The maximum atomic E-state index is 14.1. The van der Waals surface area contributed by atoms with E-state index in [9.17, 15) is 22.4 Å². The van der Waals surface area contributed by atoms with E-state index in [4.69, 9.17) is 16.3 Å². The lowest BCUT2D eigenvalue weighted by Gasteiger charge is -2.33. The van der Waals surface area contributed by atoms with Crippen LogP contribution in [0.15, 0.2) is 77.7 Å². The van der Waals surface area contributed by atoms with E-state index in [0.29, 0.717) is 22.9 Å². The highest BCUT2D eigenvalue weighted by Gasteiger charge is 2.33. The molecular weight excluding hydrogens is 593 g/mol. The SMILES string of the molecule is CCOc1ccc(S(=O)(=O)N(CC(=O)N(Cc2cccc(Cl)c2)[C@H](C)C(=O)NC2CCCCC2)c2ccc(F)cc2)cc1. The van der Waals surface area contributed by atoms with Gasteiger partial charge in [-0.1, -0.05) is 43.0 Å². The second-order valence-corrected chi connectivity index (χ2v) is 12.9. The highest BCUT2D eigenvalue weighted by molar-refractivity contribution is 7.92. The first-order valence-electron chi connectivity index (χ1n) is 14.4. The Morgan fingerprint density at radius 3 is 2.33 bits per heavy atom. The van der Waals surface area contributed by atoms with Crippen molar-refractivity contribution >= 4 is 39.1 Å². The predicted molar refractivity (Wildman–Crippen MR) is 165 cm³/mol. The number of sulfonamides is 1. The van der Waals surface area contributed by atoms with Crippen molar-refractivity contribution < 1.29 is 27.1 Å². The first-order valence-corrected chi connectivity index (χ1v) is 16.3. The molecule has 0 radical (unpaired) electrons. The number of hydrogen-bond donors (Lipinski definition) is 1. The van der Waals surface area contributed by atoms with Gasteiger partial charge in [0.2, 0.25) is 11.8 Å². The van der Waals surface area contributed by atoms with E-state index in [1.54, 1.807) is 31.2 Å². The topological polar surface area (TPSA) is 96.0 Å². The first kappa shape index (κ1) is 32.3. The highest BCUT2D eigenvalue weighted by Crippen LogP contribution is 2.27. The van der Waals surface area contributed by atoms with E-state index in [1.807, 2.05) is 6.92 Å². The fraction of sp³-hybridized carbons (Fsp3) is 0.375. The van der Waals surface area contributed by atoms with Crippen LogP contribution in [0.4, 0.5) is 10.1 Å². The van der Waals surface area contributed by atoms with E-state index in [1.165, 1.54) is 41.3 Å². The van der Waals surface area contributed by atoms with Gasteiger partial charge in [0, 0.05) is 17.6 Å². The molecule has 1 aliphatic carbocycles. The van der Waals surface area contributed by atoms with Gasteiger partial charge in [0.15, 0.2) is 0 Å². The third kappa shape index (κ3) is 8.48. The fourth-order valence-corrected chi connectivity index (χ4v) is 6.75. The Hall–Kier alpha value is -3.63. The summed E-state index contributed by atoms with van der Waals surface area (Å²) in [6.07, 6.45) is 4.93. The summed E-state index contributed by atoms with van der Waals surface area (Å²) in [7, 11) is -4.29. The minimum atomic E-state index is -4.29. The van der Waals surface area contributed by atoms with Crippen molar-refractivity contribution in [1.29, 1.82) is 0 Å². The Labute approximate surface area is 257 Å².